The van der Waals surface area contributed by atoms with Crippen molar-refractivity contribution in [2.45, 2.75) is 37.7 Å². The van der Waals surface area contributed by atoms with Crippen LogP contribution in [0.25, 0.3) is 0 Å². The van der Waals surface area contributed by atoms with Crippen molar-refractivity contribution in [3.63, 3.8) is 0 Å². The number of amides is 1. The molecule has 0 aromatic heterocycles. The molecule has 3 nitrogen and oxygen atoms in total. The van der Waals surface area contributed by atoms with Crippen molar-refractivity contribution in [2.75, 3.05) is 13.1 Å². The van der Waals surface area contributed by atoms with Crippen LogP contribution >= 0.6 is 0 Å². The largest absolute Gasteiger partial charge is 0.417 e. The van der Waals surface area contributed by atoms with Gasteiger partial charge in [-0.3, -0.25) is 4.79 Å². The third-order valence-electron chi connectivity index (χ3n) is 3.88. The molecule has 1 aliphatic heterocycles. The molecule has 1 aromatic rings. The Morgan fingerprint density at radius 3 is 2.33 bits per heavy atom. The summed E-state index contributed by atoms with van der Waals surface area (Å²) in [5.41, 5.74) is 1.97. The topological polar surface area (TPSA) is 46.3 Å². The quantitative estimate of drug-likeness (QED) is 0.782. The highest BCUT2D eigenvalue weighted by atomic mass is 19.4. The second kappa shape index (κ2) is 6.62. The molecular weight excluding hydrogens is 338 g/mol. The molecule has 1 aromatic carbocycles. The highest BCUT2D eigenvalue weighted by Gasteiger charge is 2.40. The summed E-state index contributed by atoms with van der Waals surface area (Å²) in [5.74, 6) is -0.951. The number of likely N-dealkylation sites (tertiary alicyclic amines) is 1. The van der Waals surface area contributed by atoms with Crippen molar-refractivity contribution in [2.24, 2.45) is 5.73 Å². The van der Waals surface area contributed by atoms with Crippen LogP contribution < -0.4 is 5.73 Å². The molecular formula is C15H16F6N2O. The molecule has 2 rings (SSSR count). The van der Waals surface area contributed by atoms with E-state index in [9.17, 15) is 31.1 Å². The van der Waals surface area contributed by atoms with Crippen LogP contribution in [0.2, 0.25) is 0 Å². The molecule has 0 aliphatic carbocycles. The number of rotatable bonds is 1. The molecule has 24 heavy (non-hydrogen) atoms. The number of hydrogen-bond acceptors (Lipinski definition) is 2. The molecule has 0 bridgehead atoms. The summed E-state index contributed by atoms with van der Waals surface area (Å²) in [5, 5.41) is 0. The second-order valence-corrected chi connectivity index (χ2v) is 5.76. The fraction of sp³-hybridized carbons (Fsp3) is 0.533. The van der Waals surface area contributed by atoms with Crippen molar-refractivity contribution in [1.29, 1.82) is 0 Å². The van der Waals surface area contributed by atoms with E-state index in [1.54, 1.807) is 0 Å². The van der Waals surface area contributed by atoms with Crippen molar-refractivity contribution in [3.8, 4) is 0 Å². The molecule has 0 saturated carbocycles. The van der Waals surface area contributed by atoms with Crippen LogP contribution in [-0.4, -0.2) is 29.9 Å². The summed E-state index contributed by atoms with van der Waals surface area (Å²) in [7, 11) is 0. The smallest absolute Gasteiger partial charge is 0.337 e. The molecule has 0 radical (unpaired) electrons. The van der Waals surface area contributed by atoms with E-state index in [0.29, 0.717) is 25.0 Å². The maximum absolute atomic E-state index is 13.1. The van der Waals surface area contributed by atoms with E-state index in [1.807, 2.05) is 0 Å². The fourth-order valence-corrected chi connectivity index (χ4v) is 2.67. The lowest BCUT2D eigenvalue weighted by Gasteiger charge is -2.24. The van der Waals surface area contributed by atoms with E-state index in [4.69, 9.17) is 5.73 Å². The molecule has 134 valence electrons. The summed E-state index contributed by atoms with van der Waals surface area (Å²) < 4.78 is 77.4. The standard InChI is InChI=1S/C15H16F6N2O/c16-14(17,18)9-4-5-11(12(7-9)15(19,20)21)13(24)23-6-2-1-3-10(22)8-23/h4-5,7,10H,1-3,6,8,22H2/t10-/m1/s1. The van der Waals surface area contributed by atoms with Crippen LogP contribution in [-0.2, 0) is 12.4 Å². The third-order valence-corrected chi connectivity index (χ3v) is 3.88. The van der Waals surface area contributed by atoms with E-state index in [-0.39, 0.29) is 25.2 Å². The van der Waals surface area contributed by atoms with Crippen LogP contribution in [0, 0.1) is 0 Å². The monoisotopic (exact) mass is 354 g/mol. The first-order valence-corrected chi connectivity index (χ1v) is 7.33. The fourth-order valence-electron chi connectivity index (χ4n) is 2.67. The number of benzene rings is 1. The highest BCUT2D eigenvalue weighted by Crippen LogP contribution is 2.37. The van der Waals surface area contributed by atoms with Crippen LogP contribution in [0.4, 0.5) is 26.3 Å². The van der Waals surface area contributed by atoms with E-state index in [1.165, 1.54) is 4.90 Å². The third kappa shape index (κ3) is 4.19. The zero-order valence-corrected chi connectivity index (χ0v) is 12.5. The minimum absolute atomic E-state index is 0.0228. The highest BCUT2D eigenvalue weighted by molar-refractivity contribution is 5.96. The van der Waals surface area contributed by atoms with Crippen LogP contribution in [0.1, 0.15) is 40.7 Å². The van der Waals surface area contributed by atoms with Gasteiger partial charge in [0.25, 0.3) is 5.91 Å². The summed E-state index contributed by atoms with van der Waals surface area (Å²) >= 11 is 0. The number of carbonyl (C=O) groups is 1. The number of nitrogens with two attached hydrogens (primary N) is 1. The van der Waals surface area contributed by atoms with Gasteiger partial charge in [0.05, 0.1) is 16.7 Å². The lowest BCUT2D eigenvalue weighted by Crippen LogP contribution is -2.40. The molecule has 0 spiro atoms. The number of halogens is 6. The SMILES string of the molecule is N[C@@H]1CCCCN(C(=O)c2ccc(C(F)(F)F)cc2C(F)(F)F)C1. The van der Waals surface area contributed by atoms with Crippen LogP contribution in [0.5, 0.6) is 0 Å². The number of carbonyl (C=O) groups excluding carboxylic acids is 1. The van der Waals surface area contributed by atoms with Crippen molar-refractivity contribution in [1.82, 2.24) is 4.90 Å². The van der Waals surface area contributed by atoms with Gasteiger partial charge in [0.1, 0.15) is 0 Å². The van der Waals surface area contributed by atoms with Crippen molar-refractivity contribution < 1.29 is 31.1 Å². The first-order valence-electron chi connectivity index (χ1n) is 7.33. The summed E-state index contributed by atoms with van der Waals surface area (Å²) in [6, 6.07) is 0.690. The summed E-state index contributed by atoms with van der Waals surface area (Å²) in [4.78, 5) is 13.6. The first-order chi connectivity index (χ1) is 11.0. The maximum atomic E-state index is 13.1. The van der Waals surface area contributed by atoms with Crippen LogP contribution in [0.3, 0.4) is 0 Å². The molecule has 1 heterocycles. The van der Waals surface area contributed by atoms with Gasteiger partial charge >= 0.3 is 12.4 Å². The number of hydrogen-bond donors (Lipinski definition) is 1. The van der Waals surface area contributed by atoms with Gasteiger partial charge in [0, 0.05) is 19.1 Å². The Kier molecular flexibility index (Phi) is 5.12. The number of alkyl halides is 6. The Labute approximate surface area is 134 Å². The zero-order chi connectivity index (χ0) is 18.1. The van der Waals surface area contributed by atoms with Gasteiger partial charge in [-0.05, 0) is 31.0 Å². The first kappa shape index (κ1) is 18.6. The Balaban J connectivity index is 2.43. The second-order valence-electron chi connectivity index (χ2n) is 5.76. The van der Waals surface area contributed by atoms with E-state index in [2.05, 4.69) is 0 Å². The minimum atomic E-state index is -5.07. The van der Waals surface area contributed by atoms with E-state index < -0.39 is 35.0 Å². The van der Waals surface area contributed by atoms with Crippen molar-refractivity contribution >= 4 is 5.91 Å². The van der Waals surface area contributed by atoms with Gasteiger partial charge < -0.3 is 10.6 Å². The van der Waals surface area contributed by atoms with Gasteiger partial charge in [-0.2, -0.15) is 26.3 Å². The molecule has 1 saturated heterocycles. The Morgan fingerprint density at radius 1 is 1.08 bits per heavy atom. The van der Waals surface area contributed by atoms with Crippen molar-refractivity contribution in [3.05, 3.63) is 34.9 Å². The molecule has 0 unspecified atom stereocenters. The van der Waals surface area contributed by atoms with Gasteiger partial charge in [0.15, 0.2) is 0 Å². The molecule has 9 heteroatoms. The summed E-state index contributed by atoms with van der Waals surface area (Å²) in [6.45, 7) is 0.308. The predicted molar refractivity (Wildman–Crippen MR) is 74.2 cm³/mol. The average molecular weight is 354 g/mol. The van der Waals surface area contributed by atoms with E-state index in [0.717, 1.165) is 6.42 Å². The average Bonchev–Trinajstić information content (AvgIpc) is 2.68. The Hall–Kier alpha value is -1.77. The Bertz CT molecular complexity index is 611. The van der Waals surface area contributed by atoms with Gasteiger partial charge in [0.2, 0.25) is 0 Å². The maximum Gasteiger partial charge on any atom is 0.417 e. The normalized spacial score (nSPS) is 20.0. The molecule has 1 atom stereocenters. The molecule has 1 fully saturated rings. The minimum Gasteiger partial charge on any atom is -0.337 e. The Morgan fingerprint density at radius 2 is 1.75 bits per heavy atom. The van der Waals surface area contributed by atoms with Gasteiger partial charge in [-0.15, -0.1) is 0 Å². The number of nitrogens with zero attached hydrogens (tertiary/aromatic N) is 1. The van der Waals surface area contributed by atoms with Crippen LogP contribution in [0.15, 0.2) is 18.2 Å². The lowest BCUT2D eigenvalue weighted by molar-refractivity contribution is -0.143. The summed E-state index contributed by atoms with van der Waals surface area (Å²) in [6.07, 6.45) is -8.03. The van der Waals surface area contributed by atoms with Gasteiger partial charge in [-0.1, -0.05) is 6.42 Å². The molecule has 1 aliphatic rings. The lowest BCUT2D eigenvalue weighted by atomic mass is 10.0. The molecule has 2 N–H and O–H groups in total. The molecule has 1 amide bonds. The predicted octanol–water partition coefficient (Wildman–Crippen LogP) is 3.68. The zero-order valence-electron chi connectivity index (χ0n) is 12.5. The van der Waals surface area contributed by atoms with Gasteiger partial charge in [-0.25, -0.2) is 0 Å². The van der Waals surface area contributed by atoms with E-state index >= 15 is 0 Å².